The molecule has 3 nitrogen and oxygen atoms in total. The molecule has 1 rings (SSSR count). The van der Waals surface area contributed by atoms with Crippen LogP contribution in [0.1, 0.15) is 39.2 Å². The molecule has 1 N–H and O–H groups in total. The second-order valence-corrected chi connectivity index (χ2v) is 4.49. The molecule has 1 aromatic heterocycles. The van der Waals surface area contributed by atoms with Gasteiger partial charge in [0.2, 0.25) is 5.88 Å². The number of ether oxygens (including phenoxy) is 1. The van der Waals surface area contributed by atoms with Gasteiger partial charge < -0.3 is 10.1 Å². The maximum Gasteiger partial charge on any atom is 0.213 e. The van der Waals surface area contributed by atoms with Gasteiger partial charge in [-0.2, -0.15) is 0 Å². The second kappa shape index (κ2) is 8.07. The van der Waals surface area contributed by atoms with Crippen molar-refractivity contribution < 1.29 is 4.74 Å². The zero-order valence-electron chi connectivity index (χ0n) is 11.2. The summed E-state index contributed by atoms with van der Waals surface area (Å²) in [6.07, 6.45) is 4.22. The molecule has 3 heteroatoms. The summed E-state index contributed by atoms with van der Waals surface area (Å²) in [6.45, 7) is 9.13. The fraction of sp³-hybridized carbons (Fsp3) is 0.643. The molecule has 1 atom stereocenters. The third-order valence-electron chi connectivity index (χ3n) is 2.68. The molecule has 0 saturated heterocycles. The van der Waals surface area contributed by atoms with Crippen molar-refractivity contribution in [3.63, 3.8) is 0 Å². The van der Waals surface area contributed by atoms with Crippen molar-refractivity contribution in [2.24, 2.45) is 5.92 Å². The van der Waals surface area contributed by atoms with E-state index in [9.17, 15) is 0 Å². The van der Waals surface area contributed by atoms with E-state index < -0.39 is 0 Å². The molecule has 0 radical (unpaired) electrons. The van der Waals surface area contributed by atoms with Crippen LogP contribution in [0.15, 0.2) is 18.3 Å². The number of hydrogen-bond acceptors (Lipinski definition) is 3. The van der Waals surface area contributed by atoms with E-state index in [1.807, 2.05) is 18.3 Å². The fourth-order valence-electron chi connectivity index (χ4n) is 1.71. The van der Waals surface area contributed by atoms with E-state index >= 15 is 0 Å². The van der Waals surface area contributed by atoms with Gasteiger partial charge in [-0.25, -0.2) is 4.98 Å². The van der Waals surface area contributed by atoms with Gasteiger partial charge in [-0.3, -0.25) is 0 Å². The Kier molecular flexibility index (Phi) is 6.63. The van der Waals surface area contributed by atoms with Crippen molar-refractivity contribution in [1.29, 1.82) is 0 Å². The van der Waals surface area contributed by atoms with E-state index in [-0.39, 0.29) is 0 Å². The predicted molar refractivity (Wildman–Crippen MR) is 71.2 cm³/mol. The van der Waals surface area contributed by atoms with E-state index in [0.717, 1.165) is 25.6 Å². The molecule has 0 spiro atoms. The molecule has 0 saturated carbocycles. The molecule has 1 heterocycles. The van der Waals surface area contributed by atoms with Crippen molar-refractivity contribution >= 4 is 0 Å². The first kappa shape index (κ1) is 14.0. The number of rotatable bonds is 8. The van der Waals surface area contributed by atoms with Crippen LogP contribution in [0, 0.1) is 5.92 Å². The van der Waals surface area contributed by atoms with Gasteiger partial charge in [0.05, 0.1) is 6.61 Å². The van der Waals surface area contributed by atoms with Crippen molar-refractivity contribution in [3.8, 4) is 5.88 Å². The predicted octanol–water partition coefficient (Wildman–Crippen LogP) is 3.01. The zero-order valence-corrected chi connectivity index (χ0v) is 11.2. The van der Waals surface area contributed by atoms with Gasteiger partial charge in [-0.1, -0.05) is 27.2 Å². The average molecular weight is 236 g/mol. The lowest BCUT2D eigenvalue weighted by molar-refractivity contribution is 0.243. The van der Waals surface area contributed by atoms with Gasteiger partial charge in [0, 0.05) is 18.8 Å². The lowest BCUT2D eigenvalue weighted by Gasteiger charge is -2.12. The van der Waals surface area contributed by atoms with Crippen LogP contribution in [-0.4, -0.2) is 18.1 Å². The summed E-state index contributed by atoms with van der Waals surface area (Å²) in [5.41, 5.74) is 1.22. The summed E-state index contributed by atoms with van der Waals surface area (Å²) in [4.78, 5) is 4.23. The van der Waals surface area contributed by atoms with Crippen molar-refractivity contribution in [2.45, 2.75) is 40.2 Å². The number of nitrogens with one attached hydrogen (secondary N) is 1. The molecule has 0 aliphatic rings. The normalized spacial score (nSPS) is 12.4. The minimum Gasteiger partial charge on any atom is -0.477 e. The summed E-state index contributed by atoms with van der Waals surface area (Å²) >= 11 is 0. The van der Waals surface area contributed by atoms with Gasteiger partial charge in [0.1, 0.15) is 0 Å². The highest BCUT2D eigenvalue weighted by molar-refractivity contribution is 5.20. The molecular weight excluding hydrogens is 212 g/mol. The molecular formula is C14H24N2O. The first-order chi connectivity index (χ1) is 8.26. The van der Waals surface area contributed by atoms with Gasteiger partial charge in [-0.15, -0.1) is 0 Å². The highest BCUT2D eigenvalue weighted by atomic mass is 16.5. The molecule has 0 fully saturated rings. The highest BCUT2D eigenvalue weighted by Gasteiger charge is 2.03. The van der Waals surface area contributed by atoms with Crippen LogP contribution in [-0.2, 0) is 6.54 Å². The van der Waals surface area contributed by atoms with Gasteiger partial charge in [0.25, 0.3) is 0 Å². The molecule has 1 unspecified atom stereocenters. The van der Waals surface area contributed by atoms with E-state index in [0.29, 0.717) is 5.92 Å². The number of hydrogen-bond donors (Lipinski definition) is 1. The summed E-state index contributed by atoms with van der Waals surface area (Å²) in [5.74, 6) is 1.34. The Morgan fingerprint density at radius 2 is 2.24 bits per heavy atom. The minimum atomic E-state index is 0.597. The maximum atomic E-state index is 5.70. The summed E-state index contributed by atoms with van der Waals surface area (Å²) in [5, 5.41) is 3.29. The Labute approximate surface area is 105 Å². The molecule has 0 bridgehead atoms. The van der Waals surface area contributed by atoms with E-state index in [1.165, 1.54) is 18.4 Å². The monoisotopic (exact) mass is 236 g/mol. The Morgan fingerprint density at radius 1 is 1.41 bits per heavy atom. The average Bonchev–Trinajstić information content (AvgIpc) is 2.35. The van der Waals surface area contributed by atoms with Crippen molar-refractivity contribution in [3.05, 3.63) is 23.9 Å². The minimum absolute atomic E-state index is 0.597. The van der Waals surface area contributed by atoms with E-state index in [4.69, 9.17) is 4.74 Å². The van der Waals surface area contributed by atoms with Crippen LogP contribution in [0.4, 0.5) is 0 Å². The van der Waals surface area contributed by atoms with Gasteiger partial charge >= 0.3 is 0 Å². The Morgan fingerprint density at radius 3 is 2.94 bits per heavy atom. The molecule has 0 amide bonds. The second-order valence-electron chi connectivity index (χ2n) is 4.49. The molecule has 0 aliphatic heterocycles. The number of nitrogens with zero attached hydrogens (tertiary/aromatic N) is 1. The SMILES string of the molecule is CCCC(C)COc1cc(CNCC)ccn1. The van der Waals surface area contributed by atoms with Crippen LogP contribution in [0.2, 0.25) is 0 Å². The number of pyridine rings is 1. The summed E-state index contributed by atoms with van der Waals surface area (Å²) in [6, 6.07) is 4.03. The Bertz CT molecular complexity index is 315. The van der Waals surface area contributed by atoms with Crippen molar-refractivity contribution in [2.75, 3.05) is 13.2 Å². The molecule has 0 aromatic carbocycles. The van der Waals surface area contributed by atoms with E-state index in [1.54, 1.807) is 0 Å². The lowest BCUT2D eigenvalue weighted by atomic mass is 10.1. The molecule has 0 aliphatic carbocycles. The molecule has 1 aromatic rings. The lowest BCUT2D eigenvalue weighted by Crippen LogP contribution is -2.12. The molecule has 17 heavy (non-hydrogen) atoms. The smallest absolute Gasteiger partial charge is 0.213 e. The topological polar surface area (TPSA) is 34.1 Å². The Balaban J connectivity index is 2.42. The summed E-state index contributed by atoms with van der Waals surface area (Å²) in [7, 11) is 0. The van der Waals surface area contributed by atoms with Crippen LogP contribution in [0.25, 0.3) is 0 Å². The van der Waals surface area contributed by atoms with Crippen LogP contribution < -0.4 is 10.1 Å². The largest absolute Gasteiger partial charge is 0.477 e. The van der Waals surface area contributed by atoms with Crippen LogP contribution >= 0.6 is 0 Å². The third kappa shape index (κ3) is 5.68. The van der Waals surface area contributed by atoms with Crippen molar-refractivity contribution in [1.82, 2.24) is 10.3 Å². The quantitative estimate of drug-likeness (QED) is 0.753. The molecule has 96 valence electrons. The fourth-order valence-corrected chi connectivity index (χ4v) is 1.71. The highest BCUT2D eigenvalue weighted by Crippen LogP contribution is 2.12. The van der Waals surface area contributed by atoms with Crippen LogP contribution in [0.5, 0.6) is 5.88 Å². The number of aromatic nitrogens is 1. The zero-order chi connectivity index (χ0) is 12.5. The first-order valence-electron chi connectivity index (χ1n) is 6.54. The Hall–Kier alpha value is -1.09. The van der Waals surface area contributed by atoms with Gasteiger partial charge in [0.15, 0.2) is 0 Å². The standard InChI is InChI=1S/C14H24N2O/c1-4-6-12(3)11-17-14-9-13(7-8-16-14)10-15-5-2/h7-9,12,15H,4-6,10-11H2,1-3H3. The maximum absolute atomic E-state index is 5.70. The van der Waals surface area contributed by atoms with Crippen LogP contribution in [0.3, 0.4) is 0 Å². The van der Waals surface area contributed by atoms with Gasteiger partial charge in [-0.05, 0) is 30.5 Å². The first-order valence-corrected chi connectivity index (χ1v) is 6.54. The van der Waals surface area contributed by atoms with E-state index in [2.05, 4.69) is 31.1 Å². The third-order valence-corrected chi connectivity index (χ3v) is 2.68. The summed E-state index contributed by atoms with van der Waals surface area (Å²) < 4.78 is 5.70.